The molecular weight excluding hydrogens is 300 g/mol. The van der Waals surface area contributed by atoms with Gasteiger partial charge in [0.2, 0.25) is 0 Å². The summed E-state index contributed by atoms with van der Waals surface area (Å²) in [7, 11) is 1.39. The Morgan fingerprint density at radius 1 is 1.04 bits per heavy atom. The Morgan fingerprint density at radius 2 is 1.67 bits per heavy atom. The molecule has 0 fully saturated rings. The van der Waals surface area contributed by atoms with Crippen LogP contribution in [0.2, 0.25) is 0 Å². The number of carbonyl (C=O) groups is 1. The van der Waals surface area contributed by atoms with Crippen molar-refractivity contribution in [3.8, 4) is 22.9 Å². The summed E-state index contributed by atoms with van der Waals surface area (Å²) in [5.74, 6) is -0.246. The molecule has 0 N–H and O–H groups in total. The number of nitriles is 1. The summed E-state index contributed by atoms with van der Waals surface area (Å²) in [6, 6.07) is 19.7. The lowest BCUT2D eigenvalue weighted by molar-refractivity contribution is -0.139. The van der Waals surface area contributed by atoms with Gasteiger partial charge in [0.15, 0.2) is 0 Å². The van der Waals surface area contributed by atoms with Gasteiger partial charge >= 0.3 is 5.97 Å². The van der Waals surface area contributed by atoms with Crippen LogP contribution in [-0.2, 0) is 16.0 Å². The van der Waals surface area contributed by atoms with Gasteiger partial charge < -0.3 is 9.30 Å². The Balaban J connectivity index is 1.79. The fourth-order valence-corrected chi connectivity index (χ4v) is 2.51. The molecule has 0 amide bonds. The van der Waals surface area contributed by atoms with Crippen LogP contribution < -0.4 is 0 Å². The molecule has 1 heterocycles. The van der Waals surface area contributed by atoms with Crippen LogP contribution in [0.1, 0.15) is 11.1 Å². The number of aromatic nitrogens is 1. The quantitative estimate of drug-likeness (QED) is 0.689. The lowest BCUT2D eigenvalue weighted by atomic mass is 10.0. The monoisotopic (exact) mass is 316 g/mol. The topological polar surface area (TPSA) is 55.0 Å². The van der Waals surface area contributed by atoms with E-state index in [-0.39, 0.29) is 12.4 Å². The van der Waals surface area contributed by atoms with E-state index in [1.54, 1.807) is 0 Å². The van der Waals surface area contributed by atoms with Crippen LogP contribution in [0.4, 0.5) is 0 Å². The van der Waals surface area contributed by atoms with Gasteiger partial charge in [0.1, 0.15) is 0 Å². The Morgan fingerprint density at radius 3 is 2.25 bits per heavy atom. The highest BCUT2D eigenvalue weighted by Crippen LogP contribution is 2.22. The van der Waals surface area contributed by atoms with E-state index in [2.05, 4.69) is 10.8 Å². The van der Waals surface area contributed by atoms with Gasteiger partial charge in [-0.25, -0.2) is 0 Å². The number of rotatable bonds is 4. The maximum atomic E-state index is 11.3. The van der Waals surface area contributed by atoms with Crippen LogP contribution in [0.5, 0.6) is 0 Å². The summed E-state index contributed by atoms with van der Waals surface area (Å²) in [6.07, 6.45) is 4.12. The van der Waals surface area contributed by atoms with E-state index in [1.165, 1.54) is 7.11 Å². The normalized spacial score (nSPS) is 10.2. The maximum Gasteiger partial charge on any atom is 0.310 e. The molecule has 3 aromatic rings. The van der Waals surface area contributed by atoms with Gasteiger partial charge in [0.25, 0.3) is 0 Å². The fourth-order valence-electron chi connectivity index (χ4n) is 2.51. The van der Waals surface area contributed by atoms with Crippen molar-refractivity contribution in [2.75, 3.05) is 7.11 Å². The summed E-state index contributed by atoms with van der Waals surface area (Å²) < 4.78 is 6.66. The van der Waals surface area contributed by atoms with Crippen molar-refractivity contribution in [1.82, 2.24) is 4.57 Å². The predicted octanol–water partition coefficient (Wildman–Crippen LogP) is 3.73. The molecule has 0 spiro atoms. The van der Waals surface area contributed by atoms with Gasteiger partial charge in [-0.05, 0) is 47.0 Å². The van der Waals surface area contributed by atoms with Gasteiger partial charge in [-0.1, -0.05) is 24.3 Å². The smallest absolute Gasteiger partial charge is 0.310 e. The van der Waals surface area contributed by atoms with Crippen LogP contribution in [0.25, 0.3) is 16.8 Å². The van der Waals surface area contributed by atoms with Crippen LogP contribution in [0.3, 0.4) is 0 Å². The zero-order valence-electron chi connectivity index (χ0n) is 13.3. The number of carbonyl (C=O) groups excluding carboxylic acids is 1. The van der Waals surface area contributed by atoms with Crippen LogP contribution in [-0.4, -0.2) is 17.6 Å². The van der Waals surface area contributed by atoms with Crippen LogP contribution in [0, 0.1) is 11.3 Å². The number of hydrogen-bond acceptors (Lipinski definition) is 3. The summed E-state index contributed by atoms with van der Waals surface area (Å²) in [5.41, 5.74) is 4.74. The van der Waals surface area contributed by atoms with Gasteiger partial charge in [-0.15, -0.1) is 0 Å². The second kappa shape index (κ2) is 6.84. The molecule has 0 unspecified atom stereocenters. The molecule has 118 valence electrons. The van der Waals surface area contributed by atoms with Crippen LogP contribution >= 0.6 is 0 Å². The van der Waals surface area contributed by atoms with Gasteiger partial charge in [-0.2, -0.15) is 5.26 Å². The van der Waals surface area contributed by atoms with E-state index in [9.17, 15) is 4.79 Å². The van der Waals surface area contributed by atoms with E-state index >= 15 is 0 Å². The lowest BCUT2D eigenvalue weighted by Crippen LogP contribution is -2.03. The van der Waals surface area contributed by atoms with Crippen molar-refractivity contribution in [2.24, 2.45) is 0 Å². The molecular formula is C20H16N2O2. The first kappa shape index (κ1) is 15.6. The molecule has 4 heteroatoms. The Labute approximate surface area is 140 Å². The summed E-state index contributed by atoms with van der Waals surface area (Å²) in [5, 5.41) is 8.85. The molecule has 0 saturated carbocycles. The molecule has 0 radical (unpaired) electrons. The van der Waals surface area contributed by atoms with E-state index < -0.39 is 0 Å². The van der Waals surface area contributed by atoms with E-state index in [0.717, 1.165) is 22.4 Å². The zero-order valence-corrected chi connectivity index (χ0v) is 13.3. The molecule has 4 nitrogen and oxygen atoms in total. The number of benzene rings is 2. The average molecular weight is 316 g/mol. The Hall–Kier alpha value is -3.32. The molecule has 0 bridgehead atoms. The molecule has 24 heavy (non-hydrogen) atoms. The average Bonchev–Trinajstić information content (AvgIpc) is 3.10. The third-order valence-electron chi connectivity index (χ3n) is 3.84. The minimum Gasteiger partial charge on any atom is -0.469 e. The number of nitrogens with zero attached hydrogens (tertiary/aromatic N) is 2. The number of methoxy groups -OCH3 is 1. The molecule has 0 atom stereocenters. The Kier molecular flexibility index (Phi) is 4.44. The highest BCUT2D eigenvalue weighted by atomic mass is 16.5. The standard InChI is InChI=1S/C20H16N2O2/c1-24-20(23)12-16-10-11-22(14-16)19-8-6-18(7-9-19)17-4-2-15(13-21)3-5-17/h2-11,14H,12H2,1H3. The molecule has 0 aliphatic heterocycles. The number of ether oxygens (including phenoxy) is 1. The van der Waals surface area contributed by atoms with Gasteiger partial charge in [0.05, 0.1) is 25.2 Å². The molecule has 2 aromatic carbocycles. The van der Waals surface area contributed by atoms with Crippen LogP contribution in [0.15, 0.2) is 67.0 Å². The summed E-state index contributed by atoms with van der Waals surface area (Å²) >= 11 is 0. The van der Waals surface area contributed by atoms with Crippen molar-refractivity contribution in [1.29, 1.82) is 5.26 Å². The van der Waals surface area contributed by atoms with Gasteiger partial charge in [0, 0.05) is 18.1 Å². The second-order valence-electron chi connectivity index (χ2n) is 5.42. The van der Waals surface area contributed by atoms with Crippen molar-refractivity contribution in [3.05, 3.63) is 78.1 Å². The summed E-state index contributed by atoms with van der Waals surface area (Å²) in [4.78, 5) is 11.3. The largest absolute Gasteiger partial charge is 0.469 e. The minimum absolute atomic E-state index is 0.246. The first-order chi connectivity index (χ1) is 11.7. The van der Waals surface area contributed by atoms with Crippen molar-refractivity contribution < 1.29 is 9.53 Å². The van der Waals surface area contributed by atoms with E-state index in [1.807, 2.05) is 71.6 Å². The molecule has 3 rings (SSSR count). The third-order valence-corrected chi connectivity index (χ3v) is 3.84. The fraction of sp³-hybridized carbons (Fsp3) is 0.100. The third kappa shape index (κ3) is 3.36. The second-order valence-corrected chi connectivity index (χ2v) is 5.42. The lowest BCUT2D eigenvalue weighted by Gasteiger charge is -2.06. The first-order valence-electron chi connectivity index (χ1n) is 7.54. The summed E-state index contributed by atoms with van der Waals surface area (Å²) in [6.45, 7) is 0. The Bertz CT molecular complexity index is 885. The molecule has 0 aliphatic carbocycles. The van der Waals surface area contributed by atoms with Crippen molar-refractivity contribution in [3.63, 3.8) is 0 Å². The van der Waals surface area contributed by atoms with Crippen molar-refractivity contribution >= 4 is 5.97 Å². The van der Waals surface area contributed by atoms with E-state index in [4.69, 9.17) is 5.26 Å². The zero-order chi connectivity index (χ0) is 16.9. The SMILES string of the molecule is COC(=O)Cc1ccn(-c2ccc(-c3ccc(C#N)cc3)cc2)c1. The molecule has 0 saturated heterocycles. The van der Waals surface area contributed by atoms with Crippen molar-refractivity contribution in [2.45, 2.75) is 6.42 Å². The minimum atomic E-state index is -0.246. The molecule has 1 aromatic heterocycles. The first-order valence-corrected chi connectivity index (χ1v) is 7.54. The molecule has 0 aliphatic rings. The highest BCUT2D eigenvalue weighted by molar-refractivity contribution is 5.72. The number of esters is 1. The van der Waals surface area contributed by atoms with E-state index in [0.29, 0.717) is 5.56 Å². The predicted molar refractivity (Wildman–Crippen MR) is 91.6 cm³/mol. The number of hydrogen-bond donors (Lipinski definition) is 0. The van der Waals surface area contributed by atoms with Gasteiger partial charge in [-0.3, -0.25) is 4.79 Å². The highest BCUT2D eigenvalue weighted by Gasteiger charge is 2.06. The maximum absolute atomic E-state index is 11.3.